The minimum absolute atomic E-state index is 0.701. The zero-order chi connectivity index (χ0) is 14.1. The molecule has 100 valence electrons. The van der Waals surface area contributed by atoms with Crippen LogP contribution in [0, 0.1) is 13.8 Å². The summed E-state index contributed by atoms with van der Waals surface area (Å²) >= 11 is 5.95. The van der Waals surface area contributed by atoms with Crippen LogP contribution in [0.1, 0.15) is 11.4 Å². The largest absolute Gasteiger partial charge is 0.223 e. The SMILES string of the molecule is Cc1nnc(C)c(-n2cncn2)c1-c1ccc(Cl)cc1. The van der Waals surface area contributed by atoms with Crippen LogP contribution in [0.4, 0.5) is 0 Å². The van der Waals surface area contributed by atoms with Gasteiger partial charge in [-0.1, -0.05) is 23.7 Å². The second-order valence-corrected chi connectivity index (χ2v) is 4.88. The summed E-state index contributed by atoms with van der Waals surface area (Å²) in [7, 11) is 0. The standard InChI is InChI=1S/C14H12ClN5/c1-9-13(11-3-5-12(15)6-4-11)14(10(2)19-18-9)20-8-16-7-17-20/h3-8H,1-2H3. The number of aromatic nitrogens is 5. The van der Waals surface area contributed by atoms with Crippen LogP contribution in [0.25, 0.3) is 16.8 Å². The summed E-state index contributed by atoms with van der Waals surface area (Å²) in [4.78, 5) is 4.00. The summed E-state index contributed by atoms with van der Waals surface area (Å²) in [5.74, 6) is 0. The molecule has 0 saturated heterocycles. The van der Waals surface area contributed by atoms with E-state index in [-0.39, 0.29) is 0 Å². The Morgan fingerprint density at radius 2 is 1.70 bits per heavy atom. The molecule has 5 nitrogen and oxygen atoms in total. The van der Waals surface area contributed by atoms with E-state index in [2.05, 4.69) is 20.3 Å². The molecular weight excluding hydrogens is 274 g/mol. The molecule has 0 spiro atoms. The van der Waals surface area contributed by atoms with Gasteiger partial charge < -0.3 is 0 Å². The van der Waals surface area contributed by atoms with Gasteiger partial charge in [0.1, 0.15) is 12.7 Å². The van der Waals surface area contributed by atoms with Gasteiger partial charge in [-0.05, 0) is 31.5 Å². The molecule has 0 aliphatic heterocycles. The van der Waals surface area contributed by atoms with Crippen molar-refractivity contribution < 1.29 is 0 Å². The maximum atomic E-state index is 5.95. The minimum atomic E-state index is 0.701. The second kappa shape index (κ2) is 5.02. The lowest BCUT2D eigenvalue weighted by Gasteiger charge is -2.13. The molecule has 0 radical (unpaired) electrons. The number of hydrogen-bond donors (Lipinski definition) is 0. The molecule has 0 atom stereocenters. The molecule has 2 heterocycles. The number of rotatable bonds is 2. The monoisotopic (exact) mass is 285 g/mol. The maximum Gasteiger partial charge on any atom is 0.138 e. The highest BCUT2D eigenvalue weighted by molar-refractivity contribution is 6.30. The van der Waals surface area contributed by atoms with Crippen molar-refractivity contribution in [2.75, 3.05) is 0 Å². The van der Waals surface area contributed by atoms with E-state index >= 15 is 0 Å². The highest BCUT2D eigenvalue weighted by atomic mass is 35.5. The van der Waals surface area contributed by atoms with Gasteiger partial charge in [0.25, 0.3) is 0 Å². The quantitative estimate of drug-likeness (QED) is 0.726. The van der Waals surface area contributed by atoms with Crippen LogP contribution in [0.2, 0.25) is 5.02 Å². The molecule has 0 unspecified atom stereocenters. The van der Waals surface area contributed by atoms with E-state index in [9.17, 15) is 0 Å². The van der Waals surface area contributed by atoms with Gasteiger partial charge in [-0.15, -0.1) is 0 Å². The van der Waals surface area contributed by atoms with E-state index in [0.717, 1.165) is 28.2 Å². The van der Waals surface area contributed by atoms with E-state index in [0.29, 0.717) is 5.02 Å². The fraction of sp³-hybridized carbons (Fsp3) is 0.143. The van der Waals surface area contributed by atoms with Gasteiger partial charge in [-0.25, -0.2) is 9.67 Å². The molecule has 2 aromatic heterocycles. The number of hydrogen-bond acceptors (Lipinski definition) is 4. The van der Waals surface area contributed by atoms with E-state index < -0.39 is 0 Å². The first-order chi connectivity index (χ1) is 9.66. The minimum Gasteiger partial charge on any atom is -0.223 e. The molecular formula is C14H12ClN5. The van der Waals surface area contributed by atoms with Crippen LogP contribution >= 0.6 is 11.6 Å². The van der Waals surface area contributed by atoms with Crippen molar-refractivity contribution in [3.8, 4) is 16.8 Å². The van der Waals surface area contributed by atoms with E-state index in [4.69, 9.17) is 11.6 Å². The number of nitrogens with zero attached hydrogens (tertiary/aromatic N) is 5. The Morgan fingerprint density at radius 1 is 1.00 bits per heavy atom. The molecule has 3 aromatic rings. The van der Waals surface area contributed by atoms with Crippen molar-refractivity contribution >= 4 is 11.6 Å². The molecule has 0 bridgehead atoms. The molecule has 0 fully saturated rings. The highest BCUT2D eigenvalue weighted by Gasteiger charge is 2.15. The lowest BCUT2D eigenvalue weighted by Crippen LogP contribution is -2.06. The maximum absolute atomic E-state index is 5.95. The van der Waals surface area contributed by atoms with Crippen LogP contribution < -0.4 is 0 Å². The summed E-state index contributed by atoms with van der Waals surface area (Å²) < 4.78 is 1.71. The predicted octanol–water partition coefficient (Wildman–Crippen LogP) is 2.99. The Bertz CT molecular complexity index is 735. The van der Waals surface area contributed by atoms with Crippen LogP contribution in [0.5, 0.6) is 0 Å². The topological polar surface area (TPSA) is 56.5 Å². The van der Waals surface area contributed by atoms with Gasteiger partial charge in [0, 0.05) is 10.6 Å². The Hall–Kier alpha value is -2.27. The lowest BCUT2D eigenvalue weighted by molar-refractivity contribution is 0.832. The third-order valence-corrected chi connectivity index (χ3v) is 3.32. The summed E-state index contributed by atoms with van der Waals surface area (Å²) in [6.07, 6.45) is 3.16. The van der Waals surface area contributed by atoms with Crippen molar-refractivity contribution in [3.63, 3.8) is 0 Å². The Morgan fingerprint density at radius 3 is 2.35 bits per heavy atom. The van der Waals surface area contributed by atoms with Gasteiger partial charge >= 0.3 is 0 Å². The average Bonchev–Trinajstić information content (AvgIpc) is 2.96. The Kier molecular flexibility index (Phi) is 3.20. The summed E-state index contributed by atoms with van der Waals surface area (Å²) in [6, 6.07) is 7.65. The van der Waals surface area contributed by atoms with E-state index in [1.807, 2.05) is 38.1 Å². The van der Waals surface area contributed by atoms with Crippen LogP contribution in [0.3, 0.4) is 0 Å². The summed E-state index contributed by atoms with van der Waals surface area (Å²) in [6.45, 7) is 3.83. The zero-order valence-electron chi connectivity index (χ0n) is 11.1. The normalized spacial score (nSPS) is 10.8. The molecule has 0 aliphatic carbocycles. The second-order valence-electron chi connectivity index (χ2n) is 4.44. The zero-order valence-corrected chi connectivity index (χ0v) is 11.8. The third kappa shape index (κ3) is 2.16. The van der Waals surface area contributed by atoms with Gasteiger partial charge in [0.2, 0.25) is 0 Å². The highest BCUT2D eigenvalue weighted by Crippen LogP contribution is 2.30. The number of halogens is 1. The average molecular weight is 286 g/mol. The predicted molar refractivity (Wildman–Crippen MR) is 76.9 cm³/mol. The molecule has 0 N–H and O–H groups in total. The summed E-state index contributed by atoms with van der Waals surface area (Å²) in [5, 5.41) is 13.3. The molecule has 0 amide bonds. The lowest BCUT2D eigenvalue weighted by atomic mass is 10.0. The molecule has 0 saturated carbocycles. The van der Waals surface area contributed by atoms with Crippen molar-refractivity contribution in [2.24, 2.45) is 0 Å². The van der Waals surface area contributed by atoms with E-state index in [1.54, 1.807) is 11.0 Å². The van der Waals surface area contributed by atoms with Gasteiger partial charge in [-0.3, -0.25) is 0 Å². The first-order valence-corrected chi connectivity index (χ1v) is 6.49. The molecule has 3 rings (SSSR count). The Labute approximate surface area is 121 Å². The van der Waals surface area contributed by atoms with Gasteiger partial charge in [0.05, 0.1) is 17.1 Å². The fourth-order valence-electron chi connectivity index (χ4n) is 2.17. The first kappa shape index (κ1) is 12.7. The van der Waals surface area contributed by atoms with Gasteiger partial charge in [0.15, 0.2) is 0 Å². The molecule has 20 heavy (non-hydrogen) atoms. The van der Waals surface area contributed by atoms with Crippen LogP contribution in [-0.4, -0.2) is 25.0 Å². The van der Waals surface area contributed by atoms with Crippen LogP contribution in [-0.2, 0) is 0 Å². The van der Waals surface area contributed by atoms with Crippen molar-refractivity contribution in [3.05, 3.63) is 53.3 Å². The van der Waals surface area contributed by atoms with Crippen LogP contribution in [0.15, 0.2) is 36.9 Å². The van der Waals surface area contributed by atoms with Crippen molar-refractivity contribution in [1.29, 1.82) is 0 Å². The summed E-state index contributed by atoms with van der Waals surface area (Å²) in [5.41, 5.74) is 4.53. The van der Waals surface area contributed by atoms with Crippen molar-refractivity contribution in [1.82, 2.24) is 25.0 Å². The fourth-order valence-corrected chi connectivity index (χ4v) is 2.29. The molecule has 1 aromatic carbocycles. The Balaban J connectivity index is 2.29. The first-order valence-electron chi connectivity index (χ1n) is 6.11. The molecule has 6 heteroatoms. The third-order valence-electron chi connectivity index (χ3n) is 3.07. The van der Waals surface area contributed by atoms with Gasteiger partial charge in [-0.2, -0.15) is 15.3 Å². The van der Waals surface area contributed by atoms with E-state index in [1.165, 1.54) is 6.33 Å². The smallest absolute Gasteiger partial charge is 0.138 e. The van der Waals surface area contributed by atoms with Crippen molar-refractivity contribution in [2.45, 2.75) is 13.8 Å². The molecule has 0 aliphatic rings. The number of aryl methyl sites for hydroxylation is 2. The number of benzene rings is 1.